The fraction of sp³-hybridized carbons (Fsp3) is 0.389. The maximum atomic E-state index is 11.7. The van der Waals surface area contributed by atoms with Crippen LogP contribution in [0.5, 0.6) is 11.5 Å². The SMILES string of the molecule is COC(=O)c1cccn1CCc1cc(OC(C)C)c(OC)cc1Br. The van der Waals surface area contributed by atoms with E-state index in [2.05, 4.69) is 15.9 Å². The van der Waals surface area contributed by atoms with Crippen LogP contribution in [0.15, 0.2) is 34.9 Å². The Morgan fingerprint density at radius 3 is 2.62 bits per heavy atom. The lowest BCUT2D eigenvalue weighted by Crippen LogP contribution is -2.12. The van der Waals surface area contributed by atoms with Crippen LogP contribution in [0.2, 0.25) is 0 Å². The van der Waals surface area contributed by atoms with Crippen molar-refractivity contribution in [2.24, 2.45) is 0 Å². The number of aromatic nitrogens is 1. The number of aryl methyl sites for hydroxylation is 2. The molecule has 0 aliphatic carbocycles. The Hall–Kier alpha value is -1.95. The number of carbonyl (C=O) groups excluding carboxylic acids is 1. The van der Waals surface area contributed by atoms with E-state index in [1.54, 1.807) is 13.2 Å². The highest BCUT2D eigenvalue weighted by atomic mass is 79.9. The van der Waals surface area contributed by atoms with Crippen LogP contribution in [-0.2, 0) is 17.7 Å². The lowest BCUT2D eigenvalue weighted by molar-refractivity contribution is 0.0588. The zero-order valence-corrected chi connectivity index (χ0v) is 15.9. The first-order chi connectivity index (χ1) is 11.5. The van der Waals surface area contributed by atoms with Crippen molar-refractivity contribution in [3.63, 3.8) is 0 Å². The van der Waals surface area contributed by atoms with Gasteiger partial charge < -0.3 is 18.8 Å². The molecule has 0 aliphatic heterocycles. The van der Waals surface area contributed by atoms with Gasteiger partial charge in [-0.2, -0.15) is 0 Å². The lowest BCUT2D eigenvalue weighted by Gasteiger charge is -2.16. The van der Waals surface area contributed by atoms with E-state index in [9.17, 15) is 4.79 Å². The maximum absolute atomic E-state index is 11.7. The molecule has 1 aromatic heterocycles. The molecule has 6 heteroatoms. The highest BCUT2D eigenvalue weighted by Crippen LogP contribution is 2.34. The molecule has 130 valence electrons. The normalized spacial score (nSPS) is 10.8. The molecular formula is C18H22BrNO4. The summed E-state index contributed by atoms with van der Waals surface area (Å²) in [5.41, 5.74) is 1.62. The lowest BCUT2D eigenvalue weighted by atomic mass is 10.1. The minimum atomic E-state index is -0.336. The van der Waals surface area contributed by atoms with E-state index in [4.69, 9.17) is 14.2 Å². The number of benzene rings is 1. The molecule has 2 rings (SSSR count). The van der Waals surface area contributed by atoms with E-state index in [1.807, 2.05) is 42.8 Å². The van der Waals surface area contributed by atoms with Gasteiger partial charge in [0.15, 0.2) is 11.5 Å². The second kappa shape index (κ2) is 8.24. The third-order valence-corrected chi connectivity index (χ3v) is 4.28. The largest absolute Gasteiger partial charge is 0.493 e. The van der Waals surface area contributed by atoms with Crippen LogP contribution in [0.1, 0.15) is 29.9 Å². The van der Waals surface area contributed by atoms with Crippen molar-refractivity contribution in [3.8, 4) is 11.5 Å². The molecule has 0 bridgehead atoms. The van der Waals surface area contributed by atoms with Crippen LogP contribution >= 0.6 is 15.9 Å². The molecule has 0 saturated carbocycles. The third kappa shape index (κ3) is 4.32. The van der Waals surface area contributed by atoms with Gasteiger partial charge in [0, 0.05) is 17.2 Å². The van der Waals surface area contributed by atoms with Crippen molar-refractivity contribution in [3.05, 3.63) is 46.2 Å². The highest BCUT2D eigenvalue weighted by Gasteiger charge is 2.14. The van der Waals surface area contributed by atoms with E-state index >= 15 is 0 Å². The summed E-state index contributed by atoms with van der Waals surface area (Å²) in [6.07, 6.45) is 2.66. The number of nitrogens with zero attached hydrogens (tertiary/aromatic N) is 1. The van der Waals surface area contributed by atoms with Gasteiger partial charge in [-0.25, -0.2) is 4.79 Å². The number of ether oxygens (including phenoxy) is 3. The van der Waals surface area contributed by atoms with Gasteiger partial charge >= 0.3 is 5.97 Å². The van der Waals surface area contributed by atoms with Crippen LogP contribution in [-0.4, -0.2) is 30.9 Å². The predicted molar refractivity (Wildman–Crippen MR) is 95.9 cm³/mol. The second-order valence-electron chi connectivity index (χ2n) is 5.59. The Morgan fingerprint density at radius 1 is 1.25 bits per heavy atom. The van der Waals surface area contributed by atoms with Gasteiger partial charge in [-0.1, -0.05) is 15.9 Å². The summed E-state index contributed by atoms with van der Waals surface area (Å²) in [5.74, 6) is 1.07. The summed E-state index contributed by atoms with van der Waals surface area (Å²) in [5, 5.41) is 0. The first-order valence-corrected chi connectivity index (χ1v) is 8.52. The van der Waals surface area contributed by atoms with Crippen LogP contribution in [0.3, 0.4) is 0 Å². The summed E-state index contributed by atoms with van der Waals surface area (Å²) < 4.78 is 18.8. The number of carbonyl (C=O) groups is 1. The van der Waals surface area contributed by atoms with Crippen LogP contribution in [0, 0.1) is 0 Å². The van der Waals surface area contributed by atoms with Gasteiger partial charge in [-0.05, 0) is 50.1 Å². The minimum Gasteiger partial charge on any atom is -0.493 e. The van der Waals surface area contributed by atoms with Crippen molar-refractivity contribution in [2.45, 2.75) is 32.9 Å². The molecule has 0 saturated heterocycles. The Morgan fingerprint density at radius 2 is 2.00 bits per heavy atom. The minimum absolute atomic E-state index is 0.0586. The van der Waals surface area contributed by atoms with Crippen molar-refractivity contribution in [1.82, 2.24) is 4.57 Å². The molecule has 0 aliphatic rings. The fourth-order valence-electron chi connectivity index (χ4n) is 2.41. The van der Waals surface area contributed by atoms with Crippen molar-refractivity contribution < 1.29 is 19.0 Å². The smallest absolute Gasteiger partial charge is 0.354 e. The Balaban J connectivity index is 2.21. The van der Waals surface area contributed by atoms with E-state index in [0.29, 0.717) is 23.7 Å². The molecule has 24 heavy (non-hydrogen) atoms. The van der Waals surface area contributed by atoms with Gasteiger partial charge in [-0.3, -0.25) is 0 Å². The number of hydrogen-bond donors (Lipinski definition) is 0. The molecule has 0 spiro atoms. The number of methoxy groups -OCH3 is 2. The quantitative estimate of drug-likeness (QED) is 0.662. The number of rotatable bonds is 7. The second-order valence-corrected chi connectivity index (χ2v) is 6.44. The van der Waals surface area contributed by atoms with E-state index < -0.39 is 0 Å². The summed E-state index contributed by atoms with van der Waals surface area (Å²) in [6, 6.07) is 7.47. The van der Waals surface area contributed by atoms with Gasteiger partial charge in [0.2, 0.25) is 0 Å². The predicted octanol–water partition coefficient (Wildman–Crippen LogP) is 4.08. The Kier molecular flexibility index (Phi) is 6.31. The summed E-state index contributed by atoms with van der Waals surface area (Å²) in [4.78, 5) is 11.7. The van der Waals surface area contributed by atoms with Crippen LogP contribution < -0.4 is 9.47 Å². The van der Waals surface area contributed by atoms with Crippen LogP contribution in [0.25, 0.3) is 0 Å². The standard InChI is InChI=1S/C18H22BrNO4/c1-12(2)24-17-10-13(14(19)11-16(17)22-3)7-9-20-8-5-6-15(20)18(21)23-4/h5-6,8,10-12H,7,9H2,1-4H3. The molecular weight excluding hydrogens is 374 g/mol. The summed E-state index contributed by atoms with van der Waals surface area (Å²) in [6.45, 7) is 4.61. The maximum Gasteiger partial charge on any atom is 0.354 e. The first-order valence-electron chi connectivity index (χ1n) is 7.72. The van der Waals surface area contributed by atoms with Crippen LogP contribution in [0.4, 0.5) is 0 Å². The number of halogens is 1. The topological polar surface area (TPSA) is 49.7 Å². The number of hydrogen-bond acceptors (Lipinski definition) is 4. The molecule has 1 aromatic carbocycles. The fourth-order valence-corrected chi connectivity index (χ4v) is 2.93. The third-order valence-electron chi connectivity index (χ3n) is 3.54. The average Bonchev–Trinajstić information content (AvgIpc) is 3.02. The van der Waals surface area contributed by atoms with Crippen molar-refractivity contribution >= 4 is 21.9 Å². The average molecular weight is 396 g/mol. The molecule has 0 atom stereocenters. The molecule has 1 heterocycles. The first kappa shape index (κ1) is 18.4. The Labute approximate surface area is 150 Å². The van der Waals surface area contributed by atoms with Crippen molar-refractivity contribution in [1.29, 1.82) is 0 Å². The van der Waals surface area contributed by atoms with E-state index in [0.717, 1.165) is 16.5 Å². The molecule has 5 nitrogen and oxygen atoms in total. The van der Waals surface area contributed by atoms with Gasteiger partial charge in [-0.15, -0.1) is 0 Å². The van der Waals surface area contributed by atoms with Gasteiger partial charge in [0.1, 0.15) is 5.69 Å². The summed E-state index contributed by atoms with van der Waals surface area (Å²) >= 11 is 3.58. The summed E-state index contributed by atoms with van der Waals surface area (Å²) in [7, 11) is 3.01. The zero-order valence-electron chi connectivity index (χ0n) is 14.3. The monoisotopic (exact) mass is 395 g/mol. The number of esters is 1. The molecule has 0 N–H and O–H groups in total. The molecule has 0 radical (unpaired) electrons. The molecule has 2 aromatic rings. The Bertz CT molecular complexity index is 709. The molecule has 0 fully saturated rings. The van der Waals surface area contributed by atoms with Gasteiger partial charge in [0.05, 0.1) is 20.3 Å². The zero-order chi connectivity index (χ0) is 17.7. The van der Waals surface area contributed by atoms with E-state index in [-0.39, 0.29) is 12.1 Å². The molecule has 0 amide bonds. The highest BCUT2D eigenvalue weighted by molar-refractivity contribution is 9.10. The molecule has 0 unspecified atom stereocenters. The van der Waals surface area contributed by atoms with E-state index in [1.165, 1.54) is 7.11 Å². The van der Waals surface area contributed by atoms with Crippen molar-refractivity contribution in [2.75, 3.05) is 14.2 Å². The van der Waals surface area contributed by atoms with Gasteiger partial charge in [0.25, 0.3) is 0 Å².